The standard InChI is InChI=1S/C8H16NO3.Re/c1-5(2)3-6(9)7(10)4-8(11)12;/h5-7,9-10H,3-4H2,1-2H3,(H,11,12);/q-1;+1/t6-,7-;/m0./s1. The van der Waals surface area contributed by atoms with Gasteiger partial charge in [-0.3, -0.25) is 0 Å². The number of aliphatic hydroxyl groups excluding tert-OH is 1. The molecular weight excluding hydrogens is 344 g/mol. The molecule has 0 rings (SSSR count). The van der Waals surface area contributed by atoms with E-state index in [1.807, 2.05) is 13.8 Å². The molecule has 0 saturated carbocycles. The molecule has 78 valence electrons. The Kier molecular flexibility index (Phi) is 6.52. The molecular formula is C8H16NO3Re. The average molecular weight is 360 g/mol. The van der Waals surface area contributed by atoms with Crippen molar-refractivity contribution in [2.45, 2.75) is 38.8 Å². The first-order valence-corrected chi connectivity index (χ1v) is 5.59. The summed E-state index contributed by atoms with van der Waals surface area (Å²) in [6, 6.07) is -0.104. The number of carboxylic acid groups (broad SMARTS) is 1. The Morgan fingerprint density at radius 2 is 2.08 bits per heavy atom. The van der Waals surface area contributed by atoms with Gasteiger partial charge in [0.25, 0.3) is 0 Å². The molecule has 4 nitrogen and oxygen atoms in total. The number of nitrogens with one attached hydrogen (secondary N) is 1. The summed E-state index contributed by atoms with van der Waals surface area (Å²) >= 11 is 1.35. The topological polar surface area (TPSA) is 69.6 Å². The van der Waals surface area contributed by atoms with Crippen LogP contribution in [-0.4, -0.2) is 28.3 Å². The molecule has 0 saturated heterocycles. The van der Waals surface area contributed by atoms with Gasteiger partial charge in [-0.15, -0.1) is 0 Å². The fourth-order valence-electron chi connectivity index (χ4n) is 1.10. The van der Waals surface area contributed by atoms with Crippen LogP contribution in [0.1, 0.15) is 26.7 Å². The molecule has 3 N–H and O–H groups in total. The normalized spacial score (nSPS) is 15.8. The Labute approximate surface area is 89.4 Å². The van der Waals surface area contributed by atoms with E-state index in [4.69, 9.17) is 5.11 Å². The van der Waals surface area contributed by atoms with Gasteiger partial charge in [0.15, 0.2) is 0 Å². The maximum atomic E-state index is 10.3. The van der Waals surface area contributed by atoms with Gasteiger partial charge in [0.1, 0.15) is 0 Å². The van der Waals surface area contributed by atoms with Crippen molar-refractivity contribution in [2.24, 2.45) is 5.92 Å². The SMILES string of the molecule is CC(C)C[C@H]([NH][Re])[C@@H](O)CC(=O)O. The minimum absolute atomic E-state index is 0.104. The monoisotopic (exact) mass is 361 g/mol. The van der Waals surface area contributed by atoms with E-state index in [-0.39, 0.29) is 12.5 Å². The first-order chi connectivity index (χ1) is 5.97. The van der Waals surface area contributed by atoms with E-state index in [1.54, 1.807) is 0 Å². The van der Waals surface area contributed by atoms with Crippen molar-refractivity contribution in [3.8, 4) is 0 Å². The van der Waals surface area contributed by atoms with Gasteiger partial charge in [-0.05, 0) is 0 Å². The van der Waals surface area contributed by atoms with Crippen molar-refractivity contribution >= 4 is 5.97 Å². The van der Waals surface area contributed by atoms with E-state index in [2.05, 4.69) is 3.95 Å². The molecule has 0 aromatic carbocycles. The second kappa shape index (κ2) is 6.50. The summed E-state index contributed by atoms with van der Waals surface area (Å²) in [6.07, 6.45) is -0.178. The number of aliphatic hydroxyl groups is 1. The molecule has 0 unspecified atom stereocenters. The predicted octanol–water partition coefficient (Wildman–Crippen LogP) is 0.288. The van der Waals surface area contributed by atoms with E-state index in [1.165, 1.54) is 19.4 Å². The number of hydrogen-bond donors (Lipinski definition) is 3. The summed E-state index contributed by atoms with van der Waals surface area (Å²) in [7, 11) is 0. The van der Waals surface area contributed by atoms with Crippen molar-refractivity contribution < 1.29 is 34.5 Å². The third-order valence-electron chi connectivity index (χ3n) is 1.71. The van der Waals surface area contributed by atoms with Crippen LogP contribution in [0.3, 0.4) is 0 Å². The quantitative estimate of drug-likeness (QED) is 0.637. The average Bonchev–Trinajstić information content (AvgIpc) is 1.98. The molecule has 0 radical (unpaired) electrons. The zero-order valence-corrected chi connectivity index (χ0v) is 10.5. The first kappa shape index (κ1) is 13.1. The fraction of sp³-hybridized carbons (Fsp3) is 0.875. The van der Waals surface area contributed by atoms with Crippen LogP contribution >= 0.6 is 0 Å². The molecule has 0 aromatic rings. The van der Waals surface area contributed by atoms with Crippen molar-refractivity contribution in [1.29, 1.82) is 0 Å². The molecule has 0 fully saturated rings. The molecule has 2 atom stereocenters. The van der Waals surface area contributed by atoms with Gasteiger partial charge in [0.05, 0.1) is 0 Å². The summed E-state index contributed by atoms with van der Waals surface area (Å²) < 4.78 is 2.98. The molecule has 0 aliphatic heterocycles. The maximum absolute atomic E-state index is 10.3. The van der Waals surface area contributed by atoms with E-state index in [0.717, 1.165) is 6.42 Å². The molecule has 0 aliphatic carbocycles. The molecule has 0 aliphatic rings. The number of carboxylic acids is 1. The van der Waals surface area contributed by atoms with Gasteiger partial charge in [-0.1, -0.05) is 0 Å². The van der Waals surface area contributed by atoms with Gasteiger partial charge in [-0.25, -0.2) is 0 Å². The fourth-order valence-corrected chi connectivity index (χ4v) is 1.95. The summed E-state index contributed by atoms with van der Waals surface area (Å²) in [6.45, 7) is 4.09. The van der Waals surface area contributed by atoms with Gasteiger partial charge >= 0.3 is 89.1 Å². The zero-order chi connectivity index (χ0) is 10.4. The number of hydrogen-bond acceptors (Lipinski definition) is 3. The van der Waals surface area contributed by atoms with Gasteiger partial charge < -0.3 is 0 Å². The van der Waals surface area contributed by atoms with E-state index >= 15 is 0 Å². The molecule has 13 heavy (non-hydrogen) atoms. The summed E-state index contributed by atoms with van der Waals surface area (Å²) in [4.78, 5) is 10.3. The van der Waals surface area contributed by atoms with Crippen molar-refractivity contribution in [1.82, 2.24) is 3.95 Å². The number of aliphatic carboxylic acids is 1. The zero-order valence-electron chi connectivity index (χ0n) is 7.83. The van der Waals surface area contributed by atoms with Crippen molar-refractivity contribution in [3.05, 3.63) is 0 Å². The second-order valence-corrected chi connectivity index (χ2v) is 4.29. The Balaban J connectivity index is 3.98. The molecule has 0 aromatic heterocycles. The third-order valence-corrected chi connectivity index (χ3v) is 2.72. The van der Waals surface area contributed by atoms with Crippen LogP contribution in [0, 0.1) is 5.92 Å². The summed E-state index contributed by atoms with van der Waals surface area (Å²) in [5, 5.41) is 18.0. The molecule has 5 heteroatoms. The van der Waals surface area contributed by atoms with Crippen LogP contribution in [-0.2, 0) is 24.2 Å². The third kappa shape index (κ3) is 6.17. The minimum atomic E-state index is -0.955. The van der Waals surface area contributed by atoms with Gasteiger partial charge in [0.2, 0.25) is 0 Å². The van der Waals surface area contributed by atoms with Crippen LogP contribution in [0.2, 0.25) is 0 Å². The first-order valence-electron chi connectivity index (χ1n) is 4.23. The summed E-state index contributed by atoms with van der Waals surface area (Å²) in [5.41, 5.74) is 0. The number of rotatable bonds is 6. The van der Waals surface area contributed by atoms with E-state index in [9.17, 15) is 9.90 Å². The Bertz CT molecular complexity index is 163. The molecule has 0 spiro atoms. The van der Waals surface area contributed by atoms with Crippen LogP contribution in [0.15, 0.2) is 0 Å². The Morgan fingerprint density at radius 3 is 2.38 bits per heavy atom. The van der Waals surface area contributed by atoms with Crippen LogP contribution in [0.5, 0.6) is 0 Å². The second-order valence-electron chi connectivity index (χ2n) is 3.51. The van der Waals surface area contributed by atoms with Crippen molar-refractivity contribution in [2.75, 3.05) is 0 Å². The van der Waals surface area contributed by atoms with Crippen LogP contribution in [0.25, 0.3) is 0 Å². The molecule has 0 amide bonds. The number of carbonyl (C=O) groups is 1. The van der Waals surface area contributed by atoms with Gasteiger partial charge in [0, 0.05) is 0 Å². The molecule has 0 heterocycles. The molecule has 0 bridgehead atoms. The van der Waals surface area contributed by atoms with Gasteiger partial charge in [-0.2, -0.15) is 0 Å². The Morgan fingerprint density at radius 1 is 1.54 bits per heavy atom. The van der Waals surface area contributed by atoms with Crippen LogP contribution in [0.4, 0.5) is 0 Å². The van der Waals surface area contributed by atoms with E-state index in [0.29, 0.717) is 5.92 Å². The Hall–Kier alpha value is 0.0523. The predicted molar refractivity (Wildman–Crippen MR) is 44.6 cm³/mol. The van der Waals surface area contributed by atoms with E-state index < -0.39 is 12.1 Å². The van der Waals surface area contributed by atoms with Crippen LogP contribution < -0.4 is 3.95 Å². The van der Waals surface area contributed by atoms with Crippen molar-refractivity contribution in [3.63, 3.8) is 0 Å². The summed E-state index contributed by atoms with van der Waals surface area (Å²) in [5.74, 6) is -0.501.